The fraction of sp³-hybridized carbons (Fsp3) is 0.333. The number of fused-ring (bicyclic) bond motifs is 1. The molecule has 0 saturated heterocycles. The Hall–Kier alpha value is -1.58. The average molecular weight is 178 g/mol. The Balaban J connectivity index is 2.32. The summed E-state index contributed by atoms with van der Waals surface area (Å²) in [6.45, 7) is 1.75. The number of carboxylic acids is 1. The first-order valence-electron chi connectivity index (χ1n) is 4.09. The van der Waals surface area contributed by atoms with Crippen molar-refractivity contribution in [3.8, 4) is 0 Å². The summed E-state index contributed by atoms with van der Waals surface area (Å²) in [7, 11) is 0. The summed E-state index contributed by atoms with van der Waals surface area (Å²) >= 11 is 0. The van der Waals surface area contributed by atoms with Crippen LogP contribution in [0.15, 0.2) is 29.4 Å². The van der Waals surface area contributed by atoms with E-state index in [1.54, 1.807) is 18.0 Å². The zero-order chi connectivity index (χ0) is 9.42. The molecule has 0 fully saturated rings. The molecule has 2 aliphatic heterocycles. The van der Waals surface area contributed by atoms with E-state index >= 15 is 0 Å². The lowest BCUT2D eigenvalue weighted by Gasteiger charge is -2.25. The average Bonchev–Trinajstić information content (AvgIpc) is 2.39. The number of aliphatic imine (C=N–C) groups is 1. The van der Waals surface area contributed by atoms with Crippen molar-refractivity contribution in [3.05, 3.63) is 24.4 Å². The van der Waals surface area contributed by atoms with Crippen molar-refractivity contribution in [1.29, 1.82) is 0 Å². The van der Waals surface area contributed by atoms with E-state index in [1.807, 2.05) is 18.2 Å². The van der Waals surface area contributed by atoms with Crippen molar-refractivity contribution in [2.45, 2.75) is 19.1 Å². The second-order valence-electron chi connectivity index (χ2n) is 3.10. The Morgan fingerprint density at radius 3 is 3.08 bits per heavy atom. The van der Waals surface area contributed by atoms with Gasteiger partial charge in [0.05, 0.1) is 0 Å². The van der Waals surface area contributed by atoms with Crippen LogP contribution in [0, 0.1) is 0 Å². The standard InChI is InChI=1S/C9H10N2O2/c1-6-8(9(12)13)11-5-3-2-4-7(11)10-6/h2-5,7-8H,1H3,(H,12,13). The van der Waals surface area contributed by atoms with Crippen molar-refractivity contribution >= 4 is 11.7 Å². The number of carboxylic acid groups (broad SMARTS) is 1. The summed E-state index contributed by atoms with van der Waals surface area (Å²) in [6, 6.07) is -0.591. The molecule has 2 heterocycles. The van der Waals surface area contributed by atoms with Crippen LogP contribution < -0.4 is 0 Å². The van der Waals surface area contributed by atoms with E-state index in [1.165, 1.54) is 0 Å². The Morgan fingerprint density at radius 2 is 2.38 bits per heavy atom. The van der Waals surface area contributed by atoms with Gasteiger partial charge in [-0.3, -0.25) is 4.99 Å². The second-order valence-corrected chi connectivity index (χ2v) is 3.10. The summed E-state index contributed by atoms with van der Waals surface area (Å²) in [5.74, 6) is -0.844. The zero-order valence-electron chi connectivity index (χ0n) is 7.21. The van der Waals surface area contributed by atoms with Crippen LogP contribution in [0.25, 0.3) is 0 Å². The molecule has 0 spiro atoms. The minimum atomic E-state index is -0.844. The van der Waals surface area contributed by atoms with Gasteiger partial charge in [-0.15, -0.1) is 0 Å². The van der Waals surface area contributed by atoms with Crippen molar-refractivity contribution in [2.24, 2.45) is 4.99 Å². The molecule has 0 saturated carbocycles. The molecule has 0 aromatic carbocycles. The third-order valence-corrected chi connectivity index (χ3v) is 2.22. The molecule has 0 amide bonds. The Kier molecular flexibility index (Phi) is 1.69. The van der Waals surface area contributed by atoms with Crippen LogP contribution in [0.4, 0.5) is 0 Å². The second kappa shape index (κ2) is 2.73. The normalized spacial score (nSPS) is 30.2. The number of rotatable bonds is 1. The molecule has 4 nitrogen and oxygen atoms in total. The van der Waals surface area contributed by atoms with Gasteiger partial charge in [-0.05, 0) is 19.1 Å². The maximum Gasteiger partial charge on any atom is 0.332 e. The Labute approximate surface area is 75.9 Å². The molecule has 0 bridgehead atoms. The van der Waals surface area contributed by atoms with Crippen LogP contribution in [0.2, 0.25) is 0 Å². The molecular formula is C9H10N2O2. The number of allylic oxidation sites excluding steroid dienone is 2. The van der Waals surface area contributed by atoms with E-state index in [0.29, 0.717) is 5.71 Å². The quantitative estimate of drug-likeness (QED) is 0.640. The summed E-state index contributed by atoms with van der Waals surface area (Å²) in [5, 5.41) is 8.94. The van der Waals surface area contributed by atoms with Crippen molar-refractivity contribution in [3.63, 3.8) is 0 Å². The van der Waals surface area contributed by atoms with E-state index in [-0.39, 0.29) is 6.17 Å². The number of carbonyl (C=O) groups is 1. The minimum Gasteiger partial charge on any atom is -0.479 e. The third-order valence-electron chi connectivity index (χ3n) is 2.22. The summed E-state index contributed by atoms with van der Waals surface area (Å²) < 4.78 is 0. The molecule has 1 N–H and O–H groups in total. The van der Waals surface area contributed by atoms with Crippen LogP contribution >= 0.6 is 0 Å². The van der Waals surface area contributed by atoms with E-state index in [2.05, 4.69) is 4.99 Å². The predicted molar refractivity (Wildman–Crippen MR) is 48.4 cm³/mol. The number of hydrogen-bond donors (Lipinski definition) is 1. The predicted octanol–water partition coefficient (Wildman–Crippen LogP) is 0.626. The molecule has 0 aromatic heterocycles. The van der Waals surface area contributed by atoms with Gasteiger partial charge in [0.2, 0.25) is 0 Å². The summed E-state index contributed by atoms with van der Waals surface area (Å²) in [6.07, 6.45) is 7.23. The maximum atomic E-state index is 10.9. The van der Waals surface area contributed by atoms with Gasteiger partial charge in [-0.2, -0.15) is 0 Å². The molecule has 2 aliphatic rings. The van der Waals surface area contributed by atoms with Crippen LogP contribution in [0.1, 0.15) is 6.92 Å². The zero-order valence-corrected chi connectivity index (χ0v) is 7.21. The highest BCUT2D eigenvalue weighted by molar-refractivity contribution is 6.05. The topological polar surface area (TPSA) is 52.9 Å². The van der Waals surface area contributed by atoms with Gasteiger partial charge in [0.15, 0.2) is 6.04 Å². The minimum absolute atomic E-state index is 0.119. The molecule has 0 aliphatic carbocycles. The molecule has 0 radical (unpaired) electrons. The first-order valence-corrected chi connectivity index (χ1v) is 4.09. The van der Waals surface area contributed by atoms with Crippen LogP contribution in [0.5, 0.6) is 0 Å². The van der Waals surface area contributed by atoms with E-state index in [4.69, 9.17) is 5.11 Å². The lowest BCUT2D eigenvalue weighted by molar-refractivity contribution is -0.139. The fourth-order valence-electron chi connectivity index (χ4n) is 1.65. The van der Waals surface area contributed by atoms with Gasteiger partial charge in [0, 0.05) is 11.9 Å². The van der Waals surface area contributed by atoms with E-state index in [0.717, 1.165) is 0 Å². The van der Waals surface area contributed by atoms with Crippen LogP contribution in [0.3, 0.4) is 0 Å². The number of aliphatic carboxylic acids is 1. The highest BCUT2D eigenvalue weighted by Crippen LogP contribution is 2.21. The van der Waals surface area contributed by atoms with Gasteiger partial charge < -0.3 is 10.0 Å². The summed E-state index contributed by atoms with van der Waals surface area (Å²) in [5.41, 5.74) is 0.661. The lowest BCUT2D eigenvalue weighted by Crippen LogP contribution is -2.41. The molecule has 13 heavy (non-hydrogen) atoms. The van der Waals surface area contributed by atoms with E-state index < -0.39 is 12.0 Å². The van der Waals surface area contributed by atoms with Crippen molar-refractivity contribution in [1.82, 2.24) is 4.90 Å². The maximum absolute atomic E-state index is 10.9. The number of hydrogen-bond acceptors (Lipinski definition) is 3. The smallest absolute Gasteiger partial charge is 0.332 e. The lowest BCUT2D eigenvalue weighted by atomic mass is 10.2. The van der Waals surface area contributed by atoms with Gasteiger partial charge >= 0.3 is 5.97 Å². The van der Waals surface area contributed by atoms with Crippen LogP contribution in [-0.2, 0) is 4.79 Å². The molecule has 0 aromatic rings. The first-order chi connectivity index (χ1) is 6.20. The van der Waals surface area contributed by atoms with Gasteiger partial charge in [0.25, 0.3) is 0 Å². The fourth-order valence-corrected chi connectivity index (χ4v) is 1.65. The molecule has 2 unspecified atom stereocenters. The highest BCUT2D eigenvalue weighted by atomic mass is 16.4. The van der Waals surface area contributed by atoms with Crippen molar-refractivity contribution in [2.75, 3.05) is 0 Å². The van der Waals surface area contributed by atoms with Gasteiger partial charge in [0.1, 0.15) is 6.17 Å². The Bertz CT molecular complexity index is 331. The first kappa shape index (κ1) is 8.04. The third kappa shape index (κ3) is 1.14. The molecule has 68 valence electrons. The number of nitrogens with zero attached hydrogens (tertiary/aromatic N) is 2. The Morgan fingerprint density at radius 1 is 1.62 bits per heavy atom. The van der Waals surface area contributed by atoms with Gasteiger partial charge in [-0.1, -0.05) is 6.08 Å². The SMILES string of the molecule is CC1=NC2C=CC=CN2C1C(=O)O. The molecule has 2 atom stereocenters. The monoisotopic (exact) mass is 178 g/mol. The van der Waals surface area contributed by atoms with Crippen molar-refractivity contribution < 1.29 is 9.90 Å². The molecular weight excluding hydrogens is 168 g/mol. The van der Waals surface area contributed by atoms with Gasteiger partial charge in [-0.25, -0.2) is 4.79 Å². The molecule has 2 rings (SSSR count). The molecule has 4 heteroatoms. The van der Waals surface area contributed by atoms with Crippen LogP contribution in [-0.4, -0.2) is 33.9 Å². The largest absolute Gasteiger partial charge is 0.479 e. The van der Waals surface area contributed by atoms with E-state index in [9.17, 15) is 4.79 Å². The highest BCUT2D eigenvalue weighted by Gasteiger charge is 2.36. The summed E-state index contributed by atoms with van der Waals surface area (Å²) in [4.78, 5) is 16.9.